The third kappa shape index (κ3) is 5.12. The third-order valence-electron chi connectivity index (χ3n) is 5.76. The minimum Gasteiger partial charge on any atom is -0.490 e. The van der Waals surface area contributed by atoms with E-state index >= 15 is 0 Å². The number of pyridine rings is 1. The number of nitrogens with zero attached hydrogens (tertiary/aromatic N) is 1. The first kappa shape index (κ1) is 25.8. The van der Waals surface area contributed by atoms with Gasteiger partial charge in [0, 0.05) is 24.1 Å². The number of ether oxygens (including phenoxy) is 1. The quantitative estimate of drug-likeness (QED) is 0.263. The maximum Gasteiger partial charge on any atom is 0.417 e. The van der Waals surface area contributed by atoms with Crippen molar-refractivity contribution in [2.45, 2.75) is 24.6 Å². The highest BCUT2D eigenvalue weighted by molar-refractivity contribution is 6.31. The lowest BCUT2D eigenvalue weighted by Crippen LogP contribution is -2.48. The molecule has 0 aliphatic carbocycles. The summed E-state index contributed by atoms with van der Waals surface area (Å²) in [5.74, 6) is -4.53. The van der Waals surface area contributed by atoms with Crippen LogP contribution in [0.3, 0.4) is 0 Å². The Morgan fingerprint density at radius 3 is 2.22 bits per heavy atom. The fraction of sp³-hybridized carbons (Fsp3) is 0.192. The van der Waals surface area contributed by atoms with Gasteiger partial charge in [0.2, 0.25) is 0 Å². The van der Waals surface area contributed by atoms with Gasteiger partial charge in [0.25, 0.3) is 5.92 Å². The molecule has 1 aromatic heterocycles. The van der Waals surface area contributed by atoms with E-state index in [0.717, 1.165) is 12.1 Å². The molecule has 1 unspecified atom stereocenters. The van der Waals surface area contributed by atoms with Gasteiger partial charge in [0.15, 0.2) is 5.60 Å². The van der Waals surface area contributed by atoms with Crippen molar-refractivity contribution in [3.8, 4) is 17.0 Å². The Morgan fingerprint density at radius 2 is 1.58 bits per heavy atom. The fourth-order valence-corrected chi connectivity index (χ4v) is 3.86. The molecular weight excluding hydrogens is 508 g/mol. The van der Waals surface area contributed by atoms with E-state index in [1.165, 1.54) is 36.5 Å². The number of aliphatic hydroxyl groups is 1. The minimum absolute atomic E-state index is 0.219. The van der Waals surface area contributed by atoms with Crippen molar-refractivity contribution >= 4 is 22.4 Å². The molecule has 0 saturated heterocycles. The van der Waals surface area contributed by atoms with E-state index in [4.69, 9.17) is 16.3 Å². The van der Waals surface area contributed by atoms with Crippen LogP contribution in [-0.2, 0) is 11.8 Å². The number of fused-ring (bicyclic) bond motifs is 1. The predicted molar refractivity (Wildman–Crippen MR) is 124 cm³/mol. The van der Waals surface area contributed by atoms with Gasteiger partial charge in [-0.25, -0.2) is 13.2 Å². The Kier molecular flexibility index (Phi) is 6.66. The molecule has 0 spiro atoms. The zero-order chi connectivity index (χ0) is 26.3. The molecule has 36 heavy (non-hydrogen) atoms. The Balaban J connectivity index is 1.66. The molecule has 0 bridgehead atoms. The van der Waals surface area contributed by atoms with Crippen molar-refractivity contribution < 1.29 is 36.2 Å². The summed E-state index contributed by atoms with van der Waals surface area (Å²) < 4.78 is 87.1. The van der Waals surface area contributed by atoms with Gasteiger partial charge in [-0.3, -0.25) is 4.98 Å². The van der Waals surface area contributed by atoms with E-state index in [1.807, 2.05) is 0 Å². The van der Waals surface area contributed by atoms with E-state index in [0.29, 0.717) is 35.0 Å². The van der Waals surface area contributed by atoms with E-state index in [-0.39, 0.29) is 11.3 Å². The monoisotopic (exact) mass is 525 g/mol. The van der Waals surface area contributed by atoms with Crippen molar-refractivity contribution in [1.82, 2.24) is 4.98 Å². The van der Waals surface area contributed by atoms with Crippen LogP contribution < -0.4 is 4.74 Å². The highest BCUT2D eigenvalue weighted by Gasteiger charge is 2.51. The smallest absolute Gasteiger partial charge is 0.417 e. The van der Waals surface area contributed by atoms with E-state index in [2.05, 4.69) is 4.98 Å². The summed E-state index contributed by atoms with van der Waals surface area (Å²) in [4.78, 5) is 4.28. The molecule has 1 atom stereocenters. The predicted octanol–water partition coefficient (Wildman–Crippen LogP) is 7.63. The molecule has 0 aliphatic rings. The molecule has 0 saturated carbocycles. The summed E-state index contributed by atoms with van der Waals surface area (Å²) in [5, 5.41) is 11.5. The van der Waals surface area contributed by atoms with Gasteiger partial charge in [-0.05, 0) is 65.5 Å². The summed E-state index contributed by atoms with van der Waals surface area (Å²) >= 11 is 5.58. The maximum atomic E-state index is 14.6. The molecule has 3 aromatic carbocycles. The zero-order valence-corrected chi connectivity index (χ0v) is 19.3. The van der Waals surface area contributed by atoms with Crippen molar-refractivity contribution in [2.24, 2.45) is 0 Å². The molecule has 10 heteroatoms. The van der Waals surface area contributed by atoms with Crippen LogP contribution in [0.4, 0.5) is 26.3 Å². The van der Waals surface area contributed by atoms with Gasteiger partial charge < -0.3 is 9.84 Å². The zero-order valence-electron chi connectivity index (χ0n) is 18.6. The van der Waals surface area contributed by atoms with Gasteiger partial charge in [-0.15, -0.1) is 0 Å². The van der Waals surface area contributed by atoms with Crippen molar-refractivity contribution in [3.05, 3.63) is 94.9 Å². The van der Waals surface area contributed by atoms with Crippen molar-refractivity contribution in [1.29, 1.82) is 0 Å². The first-order valence-corrected chi connectivity index (χ1v) is 10.9. The van der Waals surface area contributed by atoms with Crippen LogP contribution >= 0.6 is 11.6 Å². The largest absolute Gasteiger partial charge is 0.490 e. The lowest BCUT2D eigenvalue weighted by Gasteiger charge is -2.34. The van der Waals surface area contributed by atoms with Gasteiger partial charge in [-0.1, -0.05) is 23.7 Å². The number of benzene rings is 3. The van der Waals surface area contributed by atoms with Gasteiger partial charge >= 0.3 is 6.18 Å². The van der Waals surface area contributed by atoms with Crippen LogP contribution in [0.25, 0.3) is 22.0 Å². The molecule has 188 valence electrons. The maximum absolute atomic E-state index is 14.6. The third-order valence-corrected chi connectivity index (χ3v) is 6.09. The number of halogens is 7. The first-order chi connectivity index (χ1) is 16.8. The number of hydrogen-bond acceptors (Lipinski definition) is 3. The topological polar surface area (TPSA) is 42.4 Å². The molecule has 1 N–H and O–H groups in total. The van der Waals surface area contributed by atoms with E-state index in [9.17, 15) is 31.4 Å². The summed E-state index contributed by atoms with van der Waals surface area (Å²) in [6.45, 7) is -0.554. The summed E-state index contributed by atoms with van der Waals surface area (Å²) in [7, 11) is 0. The van der Waals surface area contributed by atoms with Crippen molar-refractivity contribution in [3.63, 3.8) is 0 Å². The standard InChI is InChI=1S/C26H18ClF6NO2/c1-24(29,30)25(35,14-36-20-8-9-22(27)21(12-20)26(31,32)33)18-5-2-16-11-23(34-13-17(16)10-18)15-3-6-19(28)7-4-15/h2-13,35H,14H2,1H3. The van der Waals surface area contributed by atoms with Crippen LogP contribution in [0, 0.1) is 5.82 Å². The second kappa shape index (κ2) is 9.29. The normalized spacial score (nSPS) is 14.0. The molecule has 4 aromatic rings. The van der Waals surface area contributed by atoms with Crippen LogP contribution in [0.2, 0.25) is 5.02 Å². The Hall–Kier alpha value is -3.30. The van der Waals surface area contributed by atoms with Crippen LogP contribution in [0.5, 0.6) is 5.75 Å². The van der Waals surface area contributed by atoms with E-state index < -0.39 is 40.7 Å². The minimum atomic E-state index is -4.78. The average Bonchev–Trinajstić information content (AvgIpc) is 2.81. The Bertz CT molecular complexity index is 1400. The Morgan fingerprint density at radius 1 is 0.889 bits per heavy atom. The molecule has 0 fully saturated rings. The Labute approximate surface area is 206 Å². The van der Waals surface area contributed by atoms with Crippen molar-refractivity contribution in [2.75, 3.05) is 6.61 Å². The van der Waals surface area contributed by atoms with Crippen LogP contribution in [0.1, 0.15) is 18.1 Å². The summed E-state index contributed by atoms with van der Waals surface area (Å²) in [6.07, 6.45) is -3.36. The van der Waals surface area contributed by atoms with Crippen LogP contribution in [0.15, 0.2) is 72.9 Å². The number of alkyl halides is 5. The second-order valence-electron chi connectivity index (χ2n) is 8.32. The molecule has 4 rings (SSSR count). The molecule has 3 nitrogen and oxygen atoms in total. The summed E-state index contributed by atoms with van der Waals surface area (Å²) in [6, 6.07) is 14.0. The van der Waals surface area contributed by atoms with Gasteiger partial charge in [0.1, 0.15) is 18.2 Å². The molecule has 0 aliphatic heterocycles. The van der Waals surface area contributed by atoms with Gasteiger partial charge in [0.05, 0.1) is 16.3 Å². The SMILES string of the molecule is CC(F)(F)C(O)(COc1ccc(Cl)c(C(F)(F)F)c1)c1ccc2cc(-c3ccc(F)cc3)ncc2c1. The lowest BCUT2D eigenvalue weighted by atomic mass is 9.87. The highest BCUT2D eigenvalue weighted by atomic mass is 35.5. The van der Waals surface area contributed by atoms with E-state index in [1.54, 1.807) is 18.2 Å². The first-order valence-electron chi connectivity index (χ1n) is 10.5. The lowest BCUT2D eigenvalue weighted by molar-refractivity contribution is -0.190. The number of hydrogen-bond donors (Lipinski definition) is 1. The number of aromatic nitrogens is 1. The average molecular weight is 526 g/mol. The number of rotatable bonds is 6. The fourth-order valence-electron chi connectivity index (χ4n) is 3.64. The second-order valence-corrected chi connectivity index (χ2v) is 8.72. The summed E-state index contributed by atoms with van der Waals surface area (Å²) in [5.41, 5.74) is -3.12. The van der Waals surface area contributed by atoms with Gasteiger partial charge in [-0.2, -0.15) is 13.2 Å². The highest BCUT2D eigenvalue weighted by Crippen LogP contribution is 2.41. The molecule has 0 amide bonds. The molecule has 0 radical (unpaired) electrons. The molecular formula is C26H18ClF6NO2. The van der Waals surface area contributed by atoms with Crippen LogP contribution in [-0.4, -0.2) is 22.6 Å². The molecule has 1 heterocycles.